The zero-order valence-corrected chi connectivity index (χ0v) is 14.0. The smallest absolute Gasteiger partial charge is 0.216 e. The highest BCUT2D eigenvalue weighted by atomic mass is 79.9. The molecule has 3 nitrogen and oxygen atoms in total. The summed E-state index contributed by atoms with van der Waals surface area (Å²) in [5.74, 6) is 0.562. The molecule has 0 saturated carbocycles. The molecule has 1 aromatic carbocycles. The van der Waals surface area contributed by atoms with Gasteiger partial charge in [0, 0.05) is 32.5 Å². The Kier molecular flexibility index (Phi) is 5.19. The Hall–Kier alpha value is -0.650. The van der Waals surface area contributed by atoms with E-state index in [1.165, 1.54) is 6.33 Å². The van der Waals surface area contributed by atoms with Crippen molar-refractivity contribution in [1.82, 2.24) is 9.97 Å². The predicted molar refractivity (Wildman–Crippen MR) is 83.1 cm³/mol. The summed E-state index contributed by atoms with van der Waals surface area (Å²) in [6.45, 7) is 0. The van der Waals surface area contributed by atoms with Crippen molar-refractivity contribution in [3.8, 4) is 5.88 Å². The first-order chi connectivity index (χ1) is 9.10. The second kappa shape index (κ2) is 6.68. The molecule has 1 unspecified atom stereocenters. The SMILES string of the molecule is COc1cc(CC(Br)c2ccc(Br)cc2Cl)ncn1. The number of rotatable bonds is 4. The number of halogens is 3. The fraction of sp³-hybridized carbons (Fsp3) is 0.231. The van der Waals surface area contributed by atoms with Crippen LogP contribution in [0.2, 0.25) is 5.02 Å². The number of benzene rings is 1. The van der Waals surface area contributed by atoms with Crippen molar-refractivity contribution in [2.24, 2.45) is 0 Å². The lowest BCUT2D eigenvalue weighted by Crippen LogP contribution is -2.00. The molecule has 6 heteroatoms. The van der Waals surface area contributed by atoms with E-state index < -0.39 is 0 Å². The van der Waals surface area contributed by atoms with Crippen LogP contribution in [0, 0.1) is 0 Å². The molecule has 2 rings (SSSR count). The van der Waals surface area contributed by atoms with Crippen LogP contribution < -0.4 is 4.74 Å². The van der Waals surface area contributed by atoms with Gasteiger partial charge < -0.3 is 4.74 Å². The lowest BCUT2D eigenvalue weighted by molar-refractivity contribution is 0.396. The van der Waals surface area contributed by atoms with Gasteiger partial charge in [0.1, 0.15) is 6.33 Å². The van der Waals surface area contributed by atoms with Gasteiger partial charge in [-0.2, -0.15) is 0 Å². The van der Waals surface area contributed by atoms with Crippen LogP contribution in [0.3, 0.4) is 0 Å². The molecule has 0 fully saturated rings. The van der Waals surface area contributed by atoms with Crippen molar-refractivity contribution < 1.29 is 4.74 Å². The summed E-state index contributed by atoms with van der Waals surface area (Å²) in [6, 6.07) is 7.66. The van der Waals surface area contributed by atoms with Gasteiger partial charge >= 0.3 is 0 Å². The Morgan fingerprint density at radius 3 is 2.79 bits per heavy atom. The van der Waals surface area contributed by atoms with Crippen LogP contribution in [0.25, 0.3) is 0 Å². The Morgan fingerprint density at radius 1 is 1.32 bits per heavy atom. The monoisotopic (exact) mass is 404 g/mol. The number of alkyl halides is 1. The molecule has 0 amide bonds. The Morgan fingerprint density at radius 2 is 2.11 bits per heavy atom. The normalized spacial score (nSPS) is 12.2. The average Bonchev–Trinajstić information content (AvgIpc) is 2.38. The van der Waals surface area contributed by atoms with Crippen molar-refractivity contribution in [1.29, 1.82) is 0 Å². The van der Waals surface area contributed by atoms with Gasteiger partial charge in [-0.1, -0.05) is 49.5 Å². The van der Waals surface area contributed by atoms with Crippen LogP contribution in [-0.4, -0.2) is 17.1 Å². The number of hydrogen-bond donors (Lipinski definition) is 0. The van der Waals surface area contributed by atoms with Gasteiger partial charge in [-0.15, -0.1) is 0 Å². The Labute approximate surface area is 133 Å². The fourth-order valence-corrected chi connectivity index (χ4v) is 3.32. The van der Waals surface area contributed by atoms with E-state index in [4.69, 9.17) is 16.3 Å². The molecule has 0 aliphatic rings. The highest BCUT2D eigenvalue weighted by molar-refractivity contribution is 9.10. The molecule has 1 atom stereocenters. The molecule has 0 aliphatic carbocycles. The number of aromatic nitrogens is 2. The van der Waals surface area contributed by atoms with Crippen LogP contribution in [-0.2, 0) is 6.42 Å². The molecule has 0 N–H and O–H groups in total. The van der Waals surface area contributed by atoms with Crippen LogP contribution >= 0.6 is 43.5 Å². The molecule has 1 heterocycles. The number of hydrogen-bond acceptors (Lipinski definition) is 3. The lowest BCUT2D eigenvalue weighted by atomic mass is 10.1. The average molecular weight is 407 g/mol. The van der Waals surface area contributed by atoms with Crippen molar-refractivity contribution in [3.05, 3.63) is 51.3 Å². The summed E-state index contributed by atoms with van der Waals surface area (Å²) in [5, 5.41) is 0.720. The third-order valence-electron chi connectivity index (χ3n) is 2.60. The zero-order chi connectivity index (χ0) is 13.8. The summed E-state index contributed by atoms with van der Waals surface area (Å²) in [4.78, 5) is 8.30. The van der Waals surface area contributed by atoms with Gasteiger partial charge in [-0.25, -0.2) is 9.97 Å². The minimum Gasteiger partial charge on any atom is -0.481 e. The third-order valence-corrected chi connectivity index (χ3v) is 4.23. The standard InChI is InChI=1S/C13H11Br2ClN2O/c1-19-13-6-9(17-7-18-13)5-11(15)10-3-2-8(14)4-12(10)16/h2-4,6-7,11H,5H2,1H3. The molecule has 0 radical (unpaired) electrons. The first-order valence-electron chi connectivity index (χ1n) is 5.54. The minimum atomic E-state index is 0.0905. The predicted octanol–water partition coefficient (Wildman–Crippen LogP) is 4.58. The molecule has 0 spiro atoms. The van der Waals surface area contributed by atoms with Crippen LogP contribution in [0.1, 0.15) is 16.1 Å². The summed E-state index contributed by atoms with van der Waals surface area (Å²) in [5.41, 5.74) is 1.93. The first-order valence-corrected chi connectivity index (χ1v) is 7.62. The van der Waals surface area contributed by atoms with Gasteiger partial charge in [0.15, 0.2) is 0 Å². The van der Waals surface area contributed by atoms with E-state index in [9.17, 15) is 0 Å². The van der Waals surface area contributed by atoms with E-state index in [0.717, 1.165) is 20.8 Å². The Balaban J connectivity index is 2.17. The van der Waals surface area contributed by atoms with E-state index in [1.54, 1.807) is 7.11 Å². The topological polar surface area (TPSA) is 35.0 Å². The molecule has 0 aliphatic heterocycles. The maximum atomic E-state index is 6.23. The summed E-state index contributed by atoms with van der Waals surface area (Å²) < 4.78 is 6.05. The summed E-state index contributed by atoms with van der Waals surface area (Å²) >= 11 is 13.3. The molecule has 19 heavy (non-hydrogen) atoms. The molecule has 100 valence electrons. The molecular weight excluding hydrogens is 395 g/mol. The van der Waals surface area contributed by atoms with Crippen LogP contribution in [0.5, 0.6) is 5.88 Å². The quantitative estimate of drug-likeness (QED) is 0.697. The van der Waals surface area contributed by atoms with E-state index in [0.29, 0.717) is 12.3 Å². The summed E-state index contributed by atoms with van der Waals surface area (Å²) in [7, 11) is 1.59. The maximum Gasteiger partial charge on any atom is 0.216 e. The lowest BCUT2D eigenvalue weighted by Gasteiger charge is -2.12. The van der Waals surface area contributed by atoms with E-state index >= 15 is 0 Å². The van der Waals surface area contributed by atoms with Gasteiger partial charge in [0.05, 0.1) is 7.11 Å². The highest BCUT2D eigenvalue weighted by Gasteiger charge is 2.13. The van der Waals surface area contributed by atoms with E-state index in [-0.39, 0.29) is 4.83 Å². The second-order valence-corrected chi connectivity index (χ2v) is 6.32. The second-order valence-electron chi connectivity index (χ2n) is 3.89. The number of methoxy groups -OCH3 is 1. The molecular formula is C13H11Br2ClN2O. The number of nitrogens with zero attached hydrogens (tertiary/aromatic N) is 2. The van der Waals surface area contributed by atoms with Crippen molar-refractivity contribution in [3.63, 3.8) is 0 Å². The van der Waals surface area contributed by atoms with Gasteiger partial charge in [0.2, 0.25) is 5.88 Å². The summed E-state index contributed by atoms with van der Waals surface area (Å²) in [6.07, 6.45) is 2.21. The van der Waals surface area contributed by atoms with Gasteiger partial charge in [-0.3, -0.25) is 0 Å². The first kappa shape index (κ1) is 14.8. The maximum absolute atomic E-state index is 6.23. The third kappa shape index (κ3) is 3.91. The number of ether oxygens (including phenoxy) is 1. The Bertz CT molecular complexity index is 580. The zero-order valence-electron chi connectivity index (χ0n) is 10.1. The fourth-order valence-electron chi connectivity index (χ4n) is 1.65. The van der Waals surface area contributed by atoms with Crippen molar-refractivity contribution >= 4 is 43.5 Å². The van der Waals surface area contributed by atoms with E-state index in [1.807, 2.05) is 24.3 Å². The minimum absolute atomic E-state index is 0.0905. The molecule has 1 aromatic heterocycles. The highest BCUT2D eigenvalue weighted by Crippen LogP contribution is 2.33. The van der Waals surface area contributed by atoms with E-state index in [2.05, 4.69) is 41.8 Å². The molecule has 0 bridgehead atoms. The van der Waals surface area contributed by atoms with Gasteiger partial charge in [0.25, 0.3) is 0 Å². The van der Waals surface area contributed by atoms with Crippen molar-refractivity contribution in [2.75, 3.05) is 7.11 Å². The molecule has 0 saturated heterocycles. The molecule has 2 aromatic rings. The van der Waals surface area contributed by atoms with Gasteiger partial charge in [-0.05, 0) is 17.7 Å². The largest absolute Gasteiger partial charge is 0.481 e. The van der Waals surface area contributed by atoms with Crippen LogP contribution in [0.4, 0.5) is 0 Å². The van der Waals surface area contributed by atoms with Crippen molar-refractivity contribution in [2.45, 2.75) is 11.2 Å². The van der Waals surface area contributed by atoms with Crippen LogP contribution in [0.15, 0.2) is 35.1 Å².